The number of imide groups is 1. The van der Waals surface area contributed by atoms with Gasteiger partial charge in [-0.15, -0.1) is 5.06 Å². The SMILES string of the molecule is [2H]C1=CC(=C(c2cc([2H])c(N(C)C)c([2H])c2)c2cc([2H])c(N3CCN(CCCCCC(=O)ON4C(=O)CCC4=O)CC3)c([2H])c2)C=C([2H])C1N(C)C. The summed E-state index contributed by atoms with van der Waals surface area (Å²) in [4.78, 5) is 48.1. The molecule has 0 saturated carbocycles. The first-order chi connectivity index (χ1) is 24.7. The smallest absolute Gasteiger partial charge is 0.333 e. The van der Waals surface area contributed by atoms with Crippen molar-refractivity contribution in [3.63, 3.8) is 0 Å². The molecule has 3 aliphatic rings. The summed E-state index contributed by atoms with van der Waals surface area (Å²) in [6.07, 6.45) is 5.89. The summed E-state index contributed by atoms with van der Waals surface area (Å²) < 4.78 is 53.0. The zero-order chi connectivity index (χ0) is 37.9. The predicted octanol–water partition coefficient (Wildman–Crippen LogP) is 4.90. The summed E-state index contributed by atoms with van der Waals surface area (Å²) in [5, 5.41) is 0.579. The standard InChI is InChI=1S/C37H47N5O4/c1-38(2)31-15-9-28(10-16-31)37(29-11-17-32(18-12-29)39(3)4)30-13-19-33(20-14-30)41-26-24-40(25-27-41)23-7-5-6-8-36(45)46-42-34(43)21-22-35(42)44/h9-20,31H,5-8,21-27H2,1-4H3/i15D,16D,17D,18D,19D,20D. The van der Waals surface area contributed by atoms with E-state index < -0.39 is 23.8 Å². The molecule has 46 heavy (non-hydrogen) atoms. The number of hydrogen-bond acceptors (Lipinski definition) is 8. The van der Waals surface area contributed by atoms with Gasteiger partial charge < -0.3 is 14.6 Å². The van der Waals surface area contributed by atoms with E-state index >= 15 is 0 Å². The summed E-state index contributed by atoms with van der Waals surface area (Å²) in [6, 6.07) is 7.32. The van der Waals surface area contributed by atoms with Crippen molar-refractivity contribution in [3.8, 4) is 0 Å². The first-order valence-corrected chi connectivity index (χ1v) is 15.9. The Morgan fingerprint density at radius 3 is 2.00 bits per heavy atom. The van der Waals surface area contributed by atoms with Crippen molar-refractivity contribution in [3.05, 3.63) is 89.4 Å². The van der Waals surface area contributed by atoms with Crippen molar-refractivity contribution in [1.29, 1.82) is 0 Å². The molecule has 9 nitrogen and oxygen atoms in total. The number of allylic oxidation sites excluding steroid dienone is 3. The highest BCUT2D eigenvalue weighted by Crippen LogP contribution is 2.32. The maximum absolute atomic E-state index is 12.1. The van der Waals surface area contributed by atoms with Gasteiger partial charge in [-0.1, -0.05) is 54.9 Å². The van der Waals surface area contributed by atoms with Crippen LogP contribution in [0.5, 0.6) is 0 Å². The Kier molecular flexibility index (Phi) is 8.67. The molecule has 2 fully saturated rings. The Morgan fingerprint density at radius 1 is 0.848 bits per heavy atom. The minimum Gasteiger partial charge on any atom is -0.378 e. The van der Waals surface area contributed by atoms with Crippen LogP contribution in [0.1, 0.15) is 57.9 Å². The van der Waals surface area contributed by atoms with Gasteiger partial charge in [0.05, 0.1) is 8.22 Å². The van der Waals surface area contributed by atoms with Crippen LogP contribution in [0.4, 0.5) is 11.4 Å². The van der Waals surface area contributed by atoms with E-state index in [2.05, 4.69) is 9.80 Å². The monoisotopic (exact) mass is 631 g/mol. The van der Waals surface area contributed by atoms with Gasteiger partial charge in [-0.05, 0) is 79.9 Å². The van der Waals surface area contributed by atoms with Crippen LogP contribution >= 0.6 is 0 Å². The summed E-state index contributed by atoms with van der Waals surface area (Å²) in [7, 11) is 7.19. The normalized spacial score (nSPS) is 20.8. The molecule has 244 valence electrons. The van der Waals surface area contributed by atoms with Gasteiger partial charge in [0.25, 0.3) is 11.8 Å². The van der Waals surface area contributed by atoms with Gasteiger partial charge in [-0.25, -0.2) is 4.79 Å². The van der Waals surface area contributed by atoms with Crippen molar-refractivity contribution in [2.75, 3.05) is 70.7 Å². The number of carbonyl (C=O) groups is 3. The van der Waals surface area contributed by atoms with Gasteiger partial charge in [0.2, 0.25) is 0 Å². The average Bonchev–Trinajstić information content (AvgIpc) is 3.36. The molecule has 9 heteroatoms. The lowest BCUT2D eigenvalue weighted by molar-refractivity contribution is -0.197. The molecule has 2 aromatic carbocycles. The highest BCUT2D eigenvalue weighted by atomic mass is 16.7. The number of hydroxylamine groups is 2. The lowest BCUT2D eigenvalue weighted by atomic mass is 9.90. The van der Waals surface area contributed by atoms with Gasteiger partial charge >= 0.3 is 5.97 Å². The Labute approximate surface area is 281 Å². The van der Waals surface area contributed by atoms with Crippen LogP contribution < -0.4 is 9.80 Å². The molecule has 0 bridgehead atoms. The molecule has 2 aromatic rings. The van der Waals surface area contributed by atoms with Crippen molar-refractivity contribution >= 4 is 34.7 Å². The van der Waals surface area contributed by atoms with Crippen LogP contribution in [0.25, 0.3) is 5.57 Å². The van der Waals surface area contributed by atoms with Crippen LogP contribution in [-0.4, -0.2) is 99.6 Å². The number of carbonyl (C=O) groups excluding carboxylic acids is 3. The Bertz CT molecular complexity index is 1740. The van der Waals surface area contributed by atoms with Crippen LogP contribution in [-0.2, 0) is 19.2 Å². The number of piperazine rings is 1. The van der Waals surface area contributed by atoms with Crippen LogP contribution in [0.2, 0.25) is 0 Å². The summed E-state index contributed by atoms with van der Waals surface area (Å²) in [6.45, 7) is 3.59. The number of likely N-dealkylation sites (N-methyl/N-ethyl adjacent to an activating group) is 1. The molecule has 2 saturated heterocycles. The molecule has 0 N–H and O–H groups in total. The molecular weight excluding hydrogens is 578 g/mol. The van der Waals surface area contributed by atoms with Crippen molar-refractivity contribution in [1.82, 2.24) is 14.9 Å². The van der Waals surface area contributed by atoms with Crippen LogP contribution in [0, 0.1) is 0 Å². The zero-order valence-corrected chi connectivity index (χ0v) is 27.2. The third kappa shape index (κ3) is 8.33. The maximum Gasteiger partial charge on any atom is 0.333 e. The van der Waals surface area contributed by atoms with E-state index in [1.807, 2.05) is 14.1 Å². The fraction of sp³-hybridized carbons (Fsp3) is 0.432. The molecule has 1 aliphatic carbocycles. The van der Waals surface area contributed by atoms with E-state index in [1.165, 1.54) is 0 Å². The van der Waals surface area contributed by atoms with Gasteiger partial charge in [-0.3, -0.25) is 19.4 Å². The lowest BCUT2D eigenvalue weighted by Gasteiger charge is -2.36. The minimum atomic E-state index is -0.583. The highest BCUT2D eigenvalue weighted by molar-refractivity contribution is 6.01. The Balaban J connectivity index is 1.28. The molecule has 0 unspecified atom stereocenters. The third-order valence-corrected chi connectivity index (χ3v) is 8.32. The van der Waals surface area contributed by atoms with E-state index in [0.29, 0.717) is 58.2 Å². The van der Waals surface area contributed by atoms with Crippen molar-refractivity contribution in [2.24, 2.45) is 0 Å². The number of anilines is 2. The largest absolute Gasteiger partial charge is 0.378 e. The maximum atomic E-state index is 12.1. The molecule has 0 radical (unpaired) electrons. The van der Waals surface area contributed by atoms with E-state index in [-0.39, 0.29) is 55.5 Å². The van der Waals surface area contributed by atoms with Gasteiger partial charge in [0, 0.05) is 77.0 Å². The highest BCUT2D eigenvalue weighted by Gasteiger charge is 2.32. The van der Waals surface area contributed by atoms with Gasteiger partial charge in [0.15, 0.2) is 0 Å². The topological polar surface area (TPSA) is 76.6 Å². The van der Waals surface area contributed by atoms with Gasteiger partial charge in [0.1, 0.15) is 0 Å². The molecule has 2 aliphatic heterocycles. The second-order valence-electron chi connectivity index (χ2n) is 12.2. The lowest BCUT2D eigenvalue weighted by Crippen LogP contribution is -2.46. The Hall–Kier alpha value is -4.21. The van der Waals surface area contributed by atoms with E-state index in [4.69, 9.17) is 13.1 Å². The number of unbranched alkanes of at least 4 members (excludes halogenated alkanes) is 2. The predicted molar refractivity (Wildman–Crippen MR) is 183 cm³/mol. The fourth-order valence-electron chi connectivity index (χ4n) is 5.63. The molecule has 0 spiro atoms. The summed E-state index contributed by atoms with van der Waals surface area (Å²) >= 11 is 0. The second kappa shape index (κ2) is 15.4. The fourth-order valence-corrected chi connectivity index (χ4v) is 5.63. The third-order valence-electron chi connectivity index (χ3n) is 8.32. The molecule has 5 rings (SSSR count). The molecule has 0 atom stereocenters. The van der Waals surface area contributed by atoms with Crippen LogP contribution in [0.15, 0.2) is 78.3 Å². The minimum absolute atomic E-state index is 0.0694. The average molecular weight is 632 g/mol. The molecular formula is C37H47N5O4. The quantitative estimate of drug-likeness (QED) is 0.242. The van der Waals surface area contributed by atoms with E-state index in [1.54, 1.807) is 60.3 Å². The summed E-state index contributed by atoms with van der Waals surface area (Å²) in [5.74, 6) is -1.55. The second-order valence-corrected chi connectivity index (χ2v) is 12.2. The summed E-state index contributed by atoms with van der Waals surface area (Å²) in [5.41, 5.74) is 3.19. The van der Waals surface area contributed by atoms with Crippen molar-refractivity contribution < 1.29 is 27.4 Å². The van der Waals surface area contributed by atoms with E-state index in [0.717, 1.165) is 32.5 Å². The number of hydrogen-bond donors (Lipinski definition) is 0. The first-order valence-electron chi connectivity index (χ1n) is 18.9. The molecule has 2 amide bonds. The Morgan fingerprint density at radius 2 is 1.43 bits per heavy atom. The molecule has 2 heterocycles. The van der Waals surface area contributed by atoms with Crippen LogP contribution in [0.3, 0.4) is 0 Å². The number of amides is 2. The zero-order valence-electron chi connectivity index (χ0n) is 33.2. The number of nitrogens with zero attached hydrogens (tertiary/aromatic N) is 5. The van der Waals surface area contributed by atoms with Gasteiger partial charge in [-0.2, -0.15) is 0 Å². The molecule has 0 aromatic heterocycles. The first kappa shape index (κ1) is 25.9. The van der Waals surface area contributed by atoms with Crippen molar-refractivity contribution in [2.45, 2.75) is 44.6 Å². The number of benzene rings is 2. The van der Waals surface area contributed by atoms with E-state index in [9.17, 15) is 14.4 Å². The number of rotatable bonds is 12.